The second-order valence-electron chi connectivity index (χ2n) is 6.38. The largest absolute Gasteiger partial charge is 0.484 e. The standard InChI is InChI=1S/C20H17N3O4S/c24-19(11-25-15-4-5-17-18(9-15)27-12-26-17)21-14-3-1-2-13(8-14)16-10-23-6-7-28-20(23)22-16/h1-5,8-10H,6-7,11-12H2,(H,21,24). The van der Waals surface area contributed by atoms with Gasteiger partial charge in [-0.3, -0.25) is 4.79 Å². The van der Waals surface area contributed by atoms with Gasteiger partial charge in [0.15, 0.2) is 23.3 Å². The molecular weight excluding hydrogens is 378 g/mol. The summed E-state index contributed by atoms with van der Waals surface area (Å²) in [7, 11) is 0. The number of anilines is 1. The summed E-state index contributed by atoms with van der Waals surface area (Å²) in [6, 6.07) is 12.9. The number of imidazole rings is 1. The van der Waals surface area contributed by atoms with E-state index in [0.29, 0.717) is 22.9 Å². The molecule has 3 heterocycles. The number of ether oxygens (including phenoxy) is 3. The maximum Gasteiger partial charge on any atom is 0.262 e. The van der Waals surface area contributed by atoms with Crippen molar-refractivity contribution in [2.45, 2.75) is 11.7 Å². The van der Waals surface area contributed by atoms with Crippen molar-refractivity contribution in [3.63, 3.8) is 0 Å². The van der Waals surface area contributed by atoms with E-state index in [4.69, 9.17) is 14.2 Å². The number of amides is 1. The summed E-state index contributed by atoms with van der Waals surface area (Å²) in [6.45, 7) is 1.09. The summed E-state index contributed by atoms with van der Waals surface area (Å²) in [5, 5.41) is 3.91. The Morgan fingerprint density at radius 1 is 1.21 bits per heavy atom. The Morgan fingerprint density at radius 2 is 2.14 bits per heavy atom. The number of aromatic nitrogens is 2. The van der Waals surface area contributed by atoms with Gasteiger partial charge in [-0.05, 0) is 24.3 Å². The minimum atomic E-state index is -0.238. The number of aryl methyl sites for hydroxylation is 1. The van der Waals surface area contributed by atoms with Gasteiger partial charge >= 0.3 is 0 Å². The van der Waals surface area contributed by atoms with Crippen LogP contribution in [0.25, 0.3) is 11.3 Å². The fourth-order valence-electron chi connectivity index (χ4n) is 3.12. The monoisotopic (exact) mass is 395 g/mol. The molecule has 2 aliphatic rings. The molecule has 0 bridgehead atoms. The molecule has 28 heavy (non-hydrogen) atoms. The molecule has 0 aliphatic carbocycles. The Kier molecular flexibility index (Phi) is 4.32. The summed E-state index contributed by atoms with van der Waals surface area (Å²) in [5.74, 6) is 2.69. The van der Waals surface area contributed by atoms with Gasteiger partial charge in [0.25, 0.3) is 5.91 Å². The van der Waals surface area contributed by atoms with E-state index in [9.17, 15) is 4.79 Å². The zero-order chi connectivity index (χ0) is 18.9. The molecule has 2 aromatic carbocycles. The maximum absolute atomic E-state index is 12.3. The van der Waals surface area contributed by atoms with Gasteiger partial charge in [-0.25, -0.2) is 4.98 Å². The SMILES string of the molecule is O=C(COc1ccc2c(c1)OCO2)Nc1cccc(-c2cn3c(n2)SCC3)c1. The minimum Gasteiger partial charge on any atom is -0.484 e. The predicted octanol–water partition coefficient (Wildman–Crippen LogP) is 3.40. The third-order valence-electron chi connectivity index (χ3n) is 4.46. The van der Waals surface area contributed by atoms with E-state index in [0.717, 1.165) is 28.7 Å². The molecule has 0 spiro atoms. The van der Waals surface area contributed by atoms with Crippen LogP contribution in [-0.2, 0) is 11.3 Å². The van der Waals surface area contributed by atoms with Crippen LogP contribution >= 0.6 is 11.8 Å². The topological polar surface area (TPSA) is 74.6 Å². The first-order valence-corrected chi connectivity index (χ1v) is 9.86. The van der Waals surface area contributed by atoms with Crippen LogP contribution < -0.4 is 19.5 Å². The third-order valence-corrected chi connectivity index (χ3v) is 5.43. The van der Waals surface area contributed by atoms with Crippen LogP contribution in [-0.4, -0.2) is 34.6 Å². The summed E-state index contributed by atoms with van der Waals surface area (Å²) < 4.78 is 18.3. The molecule has 0 atom stereocenters. The lowest BCUT2D eigenvalue weighted by molar-refractivity contribution is -0.118. The molecule has 1 amide bonds. The maximum atomic E-state index is 12.3. The average Bonchev–Trinajstić information content (AvgIpc) is 3.42. The van der Waals surface area contributed by atoms with Crippen molar-refractivity contribution >= 4 is 23.4 Å². The molecule has 0 saturated heterocycles. The number of carbonyl (C=O) groups is 1. The molecule has 3 aromatic rings. The number of rotatable bonds is 5. The molecule has 5 rings (SSSR count). The van der Waals surface area contributed by atoms with Gasteiger partial charge < -0.3 is 24.1 Å². The zero-order valence-corrected chi connectivity index (χ0v) is 15.7. The first-order valence-electron chi connectivity index (χ1n) is 8.87. The fraction of sp³-hybridized carbons (Fsp3) is 0.200. The lowest BCUT2D eigenvalue weighted by Crippen LogP contribution is -2.20. The summed E-state index contributed by atoms with van der Waals surface area (Å²) >= 11 is 1.76. The molecular formula is C20H17N3O4S. The van der Waals surface area contributed by atoms with Gasteiger partial charge in [0.1, 0.15) is 5.75 Å². The molecule has 7 nitrogen and oxygen atoms in total. The molecule has 142 valence electrons. The number of benzene rings is 2. The lowest BCUT2D eigenvalue weighted by atomic mass is 10.1. The summed E-state index contributed by atoms with van der Waals surface area (Å²) in [6.07, 6.45) is 2.05. The van der Waals surface area contributed by atoms with Crippen LogP contribution in [0.1, 0.15) is 0 Å². The number of nitrogens with zero attached hydrogens (tertiary/aromatic N) is 2. The highest BCUT2D eigenvalue weighted by Crippen LogP contribution is 2.35. The van der Waals surface area contributed by atoms with Crippen molar-refractivity contribution in [3.8, 4) is 28.5 Å². The normalized spacial score (nSPS) is 14.0. The van der Waals surface area contributed by atoms with Gasteiger partial charge in [-0.15, -0.1) is 0 Å². The third kappa shape index (κ3) is 3.38. The quantitative estimate of drug-likeness (QED) is 0.714. The lowest BCUT2D eigenvalue weighted by Gasteiger charge is -2.09. The number of thioether (sulfide) groups is 1. The number of hydrogen-bond acceptors (Lipinski definition) is 6. The zero-order valence-electron chi connectivity index (χ0n) is 14.9. The highest BCUT2D eigenvalue weighted by atomic mass is 32.2. The smallest absolute Gasteiger partial charge is 0.262 e. The summed E-state index contributed by atoms with van der Waals surface area (Å²) in [5.41, 5.74) is 2.59. The number of carbonyl (C=O) groups excluding carboxylic acids is 1. The second-order valence-corrected chi connectivity index (χ2v) is 7.45. The highest BCUT2D eigenvalue weighted by molar-refractivity contribution is 7.99. The summed E-state index contributed by atoms with van der Waals surface area (Å²) in [4.78, 5) is 16.9. The Balaban J connectivity index is 1.22. The van der Waals surface area contributed by atoms with Crippen molar-refractivity contribution in [1.82, 2.24) is 9.55 Å². The molecule has 1 N–H and O–H groups in total. The predicted molar refractivity (Wildman–Crippen MR) is 105 cm³/mol. The molecule has 0 radical (unpaired) electrons. The van der Waals surface area contributed by atoms with Crippen LogP contribution in [0.3, 0.4) is 0 Å². The number of nitrogens with one attached hydrogen (secondary N) is 1. The van der Waals surface area contributed by atoms with Crippen molar-refractivity contribution in [2.75, 3.05) is 24.5 Å². The van der Waals surface area contributed by atoms with E-state index in [-0.39, 0.29) is 19.3 Å². The highest BCUT2D eigenvalue weighted by Gasteiger charge is 2.16. The Labute approximate surface area is 165 Å². The van der Waals surface area contributed by atoms with Gasteiger partial charge in [-0.1, -0.05) is 23.9 Å². The molecule has 1 aromatic heterocycles. The molecule has 0 unspecified atom stereocenters. The van der Waals surface area contributed by atoms with Gasteiger partial charge in [-0.2, -0.15) is 0 Å². The second kappa shape index (κ2) is 7.12. The van der Waals surface area contributed by atoms with Crippen molar-refractivity contribution in [2.24, 2.45) is 0 Å². The van der Waals surface area contributed by atoms with E-state index < -0.39 is 0 Å². The minimum absolute atomic E-state index is 0.0979. The van der Waals surface area contributed by atoms with Crippen molar-refractivity contribution in [1.29, 1.82) is 0 Å². The Morgan fingerprint density at radius 3 is 3.07 bits per heavy atom. The van der Waals surface area contributed by atoms with E-state index >= 15 is 0 Å². The van der Waals surface area contributed by atoms with Gasteiger partial charge in [0, 0.05) is 35.8 Å². The molecule has 2 aliphatic heterocycles. The van der Waals surface area contributed by atoms with Crippen LogP contribution in [0.2, 0.25) is 0 Å². The Hall–Kier alpha value is -3.13. The van der Waals surface area contributed by atoms with E-state index in [1.54, 1.807) is 30.0 Å². The molecule has 0 saturated carbocycles. The molecule has 0 fully saturated rings. The van der Waals surface area contributed by atoms with Crippen LogP contribution in [0, 0.1) is 0 Å². The Bertz CT molecular complexity index is 1030. The van der Waals surface area contributed by atoms with Crippen molar-refractivity contribution in [3.05, 3.63) is 48.7 Å². The van der Waals surface area contributed by atoms with E-state index in [1.165, 1.54) is 0 Å². The van der Waals surface area contributed by atoms with E-state index in [2.05, 4.69) is 21.1 Å². The average molecular weight is 395 g/mol. The molecule has 8 heteroatoms. The number of fused-ring (bicyclic) bond motifs is 2. The van der Waals surface area contributed by atoms with E-state index in [1.807, 2.05) is 24.3 Å². The van der Waals surface area contributed by atoms with Gasteiger partial charge in [0.05, 0.1) is 5.69 Å². The van der Waals surface area contributed by atoms with Crippen LogP contribution in [0.4, 0.5) is 5.69 Å². The van der Waals surface area contributed by atoms with Crippen LogP contribution in [0.5, 0.6) is 17.2 Å². The van der Waals surface area contributed by atoms with Crippen molar-refractivity contribution < 1.29 is 19.0 Å². The van der Waals surface area contributed by atoms with Gasteiger partial charge in [0.2, 0.25) is 6.79 Å². The number of hydrogen-bond donors (Lipinski definition) is 1. The fourth-order valence-corrected chi connectivity index (χ4v) is 4.06. The van der Waals surface area contributed by atoms with Crippen LogP contribution in [0.15, 0.2) is 53.8 Å². The first kappa shape index (κ1) is 17.0. The first-order chi connectivity index (χ1) is 13.7.